The van der Waals surface area contributed by atoms with Crippen LogP contribution in [0, 0.1) is 10.1 Å². The van der Waals surface area contributed by atoms with Gasteiger partial charge in [0.1, 0.15) is 18.0 Å². The molecule has 2 rings (SSSR count). The fourth-order valence-electron chi connectivity index (χ4n) is 1.80. The van der Waals surface area contributed by atoms with Gasteiger partial charge in [-0.1, -0.05) is 0 Å². The van der Waals surface area contributed by atoms with Crippen LogP contribution in [0.4, 0.5) is 5.69 Å². The van der Waals surface area contributed by atoms with Crippen molar-refractivity contribution in [2.45, 2.75) is 24.7 Å². The molecule has 8 nitrogen and oxygen atoms in total. The van der Waals surface area contributed by atoms with Crippen molar-refractivity contribution >= 4 is 66.5 Å². The second-order valence-electron chi connectivity index (χ2n) is 4.54. The Labute approximate surface area is 171 Å². The number of nitrogens with zero attached hydrogens (tertiary/aromatic N) is 1. The van der Waals surface area contributed by atoms with Crippen LogP contribution in [0.25, 0.3) is 0 Å². The van der Waals surface area contributed by atoms with Gasteiger partial charge in [0, 0.05) is 61.0 Å². The fraction of sp³-hybridized carbons (Fsp3) is 0.500. The Bertz CT molecular complexity index is 497. The maximum atomic E-state index is 10.0. The Morgan fingerprint density at radius 1 is 1.25 bits per heavy atom. The Morgan fingerprint density at radius 2 is 1.83 bits per heavy atom. The molecule has 0 bridgehead atoms. The molecule has 1 heterocycles. The average Bonchev–Trinajstić information content (AvgIpc) is 2.58. The minimum atomic E-state index is -0.514. The standard InChI is InChI=1S/C6H10I2O4S2.C6H5NO3/c7-13-11-5-1-4(2-9)10-3-6(5)12-14-8;8-6-3-1-5(2-4-6)7(9)10/h4-6,9H,1-3H2;1-4,8H. The first-order chi connectivity index (χ1) is 11.5. The van der Waals surface area contributed by atoms with Gasteiger partial charge >= 0.3 is 0 Å². The molecule has 1 fully saturated rings. The van der Waals surface area contributed by atoms with E-state index in [4.69, 9.17) is 23.3 Å². The molecule has 2 N–H and O–H groups in total. The van der Waals surface area contributed by atoms with Crippen LogP contribution >= 0.6 is 60.8 Å². The number of phenols is 1. The molecule has 1 aromatic rings. The van der Waals surface area contributed by atoms with Crippen LogP contribution in [0.3, 0.4) is 0 Å². The molecule has 0 radical (unpaired) electrons. The summed E-state index contributed by atoms with van der Waals surface area (Å²) in [5.41, 5.74) is -0.0159. The third kappa shape index (κ3) is 8.20. The van der Waals surface area contributed by atoms with Crippen LogP contribution in [0.15, 0.2) is 24.3 Å². The number of hydrogen-bond acceptors (Lipinski definition) is 9. The van der Waals surface area contributed by atoms with Crippen LogP contribution in [0.1, 0.15) is 6.42 Å². The molecule has 3 atom stereocenters. The van der Waals surface area contributed by atoms with E-state index in [1.165, 1.54) is 42.7 Å². The Kier molecular flexibility index (Phi) is 11.9. The predicted molar refractivity (Wildman–Crippen MR) is 109 cm³/mol. The number of halogens is 2. The summed E-state index contributed by atoms with van der Waals surface area (Å²) in [4.78, 5) is 9.52. The van der Waals surface area contributed by atoms with Crippen molar-refractivity contribution in [1.82, 2.24) is 0 Å². The van der Waals surface area contributed by atoms with Crippen molar-refractivity contribution < 1.29 is 28.2 Å². The van der Waals surface area contributed by atoms with Crippen LogP contribution in [0.5, 0.6) is 5.75 Å². The number of hydrogen-bond donors (Lipinski definition) is 2. The summed E-state index contributed by atoms with van der Waals surface area (Å²) in [5, 5.41) is 27.7. The lowest BCUT2D eigenvalue weighted by Gasteiger charge is -2.33. The summed E-state index contributed by atoms with van der Waals surface area (Å²) in [6.07, 6.45) is 0.489. The zero-order valence-corrected chi connectivity index (χ0v) is 18.1. The Balaban J connectivity index is 0.000000254. The average molecular weight is 603 g/mol. The third-order valence-electron chi connectivity index (χ3n) is 2.99. The van der Waals surface area contributed by atoms with Gasteiger partial charge in [-0.25, -0.2) is 0 Å². The lowest BCUT2D eigenvalue weighted by atomic mass is 10.0. The second-order valence-corrected chi connectivity index (χ2v) is 7.34. The molecular formula is C12H15I2NO7S2. The lowest BCUT2D eigenvalue weighted by molar-refractivity contribution is -0.384. The molecule has 136 valence electrons. The van der Waals surface area contributed by atoms with Crippen LogP contribution in [-0.2, 0) is 13.1 Å². The van der Waals surface area contributed by atoms with E-state index in [0.717, 1.165) is 0 Å². The molecular weight excluding hydrogens is 588 g/mol. The smallest absolute Gasteiger partial charge is 0.269 e. The Hall–Kier alpha value is 0.420. The van der Waals surface area contributed by atoms with Gasteiger partial charge in [-0.05, 0) is 12.1 Å². The van der Waals surface area contributed by atoms with Gasteiger partial charge in [-0.2, -0.15) is 0 Å². The second kappa shape index (κ2) is 12.7. The highest BCUT2D eigenvalue weighted by Gasteiger charge is 2.33. The molecule has 0 spiro atoms. The maximum absolute atomic E-state index is 10.0. The number of benzene rings is 1. The summed E-state index contributed by atoms with van der Waals surface area (Å²) < 4.78 is 16.2. The topological polar surface area (TPSA) is 111 Å². The highest BCUT2D eigenvalue weighted by atomic mass is 127. The largest absolute Gasteiger partial charge is 0.508 e. The molecule has 0 saturated carbocycles. The van der Waals surface area contributed by atoms with Gasteiger partial charge in [0.25, 0.3) is 5.69 Å². The molecule has 12 heteroatoms. The first-order valence-electron chi connectivity index (χ1n) is 6.55. The number of aliphatic hydroxyl groups is 1. The molecule has 0 aromatic heterocycles. The number of rotatable bonds is 6. The lowest BCUT2D eigenvalue weighted by Crippen LogP contribution is -2.43. The molecule has 1 aromatic carbocycles. The van der Waals surface area contributed by atoms with E-state index in [-0.39, 0.29) is 36.4 Å². The van der Waals surface area contributed by atoms with Crippen molar-refractivity contribution in [3.8, 4) is 5.75 Å². The summed E-state index contributed by atoms with van der Waals surface area (Å²) >= 11 is 4.14. The monoisotopic (exact) mass is 603 g/mol. The fourth-order valence-corrected chi connectivity index (χ4v) is 3.97. The molecule has 24 heavy (non-hydrogen) atoms. The van der Waals surface area contributed by atoms with E-state index in [9.17, 15) is 10.1 Å². The molecule has 1 aliphatic heterocycles. The van der Waals surface area contributed by atoms with Crippen molar-refractivity contribution in [3.05, 3.63) is 34.4 Å². The molecule has 0 amide bonds. The predicted octanol–water partition coefficient (Wildman–Crippen LogP) is 3.83. The molecule has 1 aliphatic rings. The minimum Gasteiger partial charge on any atom is -0.508 e. The minimum absolute atomic E-state index is 0.00920. The highest BCUT2D eigenvalue weighted by Crippen LogP contribution is 2.29. The summed E-state index contributed by atoms with van der Waals surface area (Å²) in [5.74, 6) is 0.0330. The van der Waals surface area contributed by atoms with Crippen molar-refractivity contribution in [2.24, 2.45) is 0 Å². The quantitative estimate of drug-likeness (QED) is 0.217. The maximum Gasteiger partial charge on any atom is 0.269 e. The molecule has 3 unspecified atom stereocenters. The van der Waals surface area contributed by atoms with Gasteiger partial charge in [0.15, 0.2) is 0 Å². The summed E-state index contributed by atoms with van der Waals surface area (Å²) in [6, 6.07) is 5.04. The van der Waals surface area contributed by atoms with Crippen molar-refractivity contribution in [3.63, 3.8) is 0 Å². The molecule has 1 saturated heterocycles. The number of nitro groups is 1. The van der Waals surface area contributed by atoms with Gasteiger partial charge < -0.3 is 14.9 Å². The number of aliphatic hydroxyl groups excluding tert-OH is 1. The number of phenolic OH excluding ortho intramolecular Hbond substituents is 1. The van der Waals surface area contributed by atoms with E-state index in [0.29, 0.717) is 13.0 Å². The number of nitro benzene ring substituents is 1. The van der Waals surface area contributed by atoms with Crippen molar-refractivity contribution in [2.75, 3.05) is 13.2 Å². The van der Waals surface area contributed by atoms with Gasteiger partial charge in [-0.3, -0.25) is 18.5 Å². The van der Waals surface area contributed by atoms with E-state index in [1.54, 1.807) is 0 Å². The van der Waals surface area contributed by atoms with Crippen LogP contribution < -0.4 is 0 Å². The normalized spacial score (nSPS) is 23.2. The zero-order chi connectivity index (χ0) is 17.9. The van der Waals surface area contributed by atoms with Gasteiger partial charge in [0.05, 0.1) is 42.7 Å². The van der Waals surface area contributed by atoms with E-state index < -0.39 is 4.92 Å². The van der Waals surface area contributed by atoms with E-state index in [2.05, 4.69) is 42.4 Å². The Morgan fingerprint density at radius 3 is 2.33 bits per heavy atom. The van der Waals surface area contributed by atoms with Crippen LogP contribution in [0.2, 0.25) is 0 Å². The molecule has 0 aliphatic carbocycles. The van der Waals surface area contributed by atoms with Crippen molar-refractivity contribution in [1.29, 1.82) is 0 Å². The van der Waals surface area contributed by atoms with E-state index >= 15 is 0 Å². The number of non-ortho nitro benzene ring substituents is 1. The highest BCUT2D eigenvalue weighted by molar-refractivity contribution is 14.2. The first kappa shape index (κ1) is 22.5. The van der Waals surface area contributed by atoms with Gasteiger partial charge in [0.2, 0.25) is 0 Å². The first-order valence-corrected chi connectivity index (χ1v) is 13.1. The number of aromatic hydroxyl groups is 1. The van der Waals surface area contributed by atoms with Gasteiger partial charge in [-0.15, -0.1) is 0 Å². The zero-order valence-electron chi connectivity index (χ0n) is 12.1. The van der Waals surface area contributed by atoms with Crippen LogP contribution in [-0.4, -0.2) is 46.7 Å². The van der Waals surface area contributed by atoms with E-state index in [1.807, 2.05) is 0 Å². The third-order valence-corrected chi connectivity index (χ3v) is 4.88. The summed E-state index contributed by atoms with van der Waals surface area (Å²) in [7, 11) is 2.57. The SMILES string of the molecule is O=[N+]([O-])c1ccc(O)cc1.OCC1CC(OSI)C(OSI)CO1. The number of ether oxygens (including phenoxy) is 1. The summed E-state index contributed by atoms with van der Waals surface area (Å²) in [6.45, 7) is 0.513.